The first-order valence-corrected chi connectivity index (χ1v) is 11.3. The molecule has 2 heterocycles. The average molecular weight is 449 g/mol. The fraction of sp³-hybridized carbons (Fsp3) is 0.208. The number of ether oxygens (including phenoxy) is 1. The highest BCUT2D eigenvalue weighted by molar-refractivity contribution is 7.99. The summed E-state index contributed by atoms with van der Waals surface area (Å²) in [5, 5.41) is 12.3. The summed E-state index contributed by atoms with van der Waals surface area (Å²) in [5.41, 5.74) is 2.17. The zero-order valence-corrected chi connectivity index (χ0v) is 18.5. The van der Waals surface area contributed by atoms with Crippen LogP contribution in [0.4, 0.5) is 0 Å². The van der Waals surface area contributed by atoms with Gasteiger partial charge in [-0.15, -0.1) is 10.2 Å². The Morgan fingerprint density at radius 1 is 1.03 bits per heavy atom. The lowest BCUT2D eigenvalue weighted by molar-refractivity contribution is -0.118. The topological polar surface area (TPSA) is 82.2 Å². The molecule has 0 saturated heterocycles. The van der Waals surface area contributed by atoms with Crippen LogP contribution in [-0.4, -0.2) is 33.5 Å². The number of aromatic nitrogens is 3. The van der Waals surface area contributed by atoms with Gasteiger partial charge >= 0.3 is 0 Å². The first-order chi connectivity index (χ1) is 15.7. The minimum absolute atomic E-state index is 0.0958. The van der Waals surface area contributed by atoms with Crippen LogP contribution in [0.3, 0.4) is 0 Å². The van der Waals surface area contributed by atoms with Gasteiger partial charge in [0, 0.05) is 12.1 Å². The summed E-state index contributed by atoms with van der Waals surface area (Å²) in [6, 6.07) is 21.6. The summed E-state index contributed by atoms with van der Waals surface area (Å²) in [4.78, 5) is 12.3. The second-order valence-corrected chi connectivity index (χ2v) is 8.01. The Labute approximate surface area is 190 Å². The highest BCUT2D eigenvalue weighted by atomic mass is 32.2. The van der Waals surface area contributed by atoms with Gasteiger partial charge in [-0.1, -0.05) is 42.1 Å². The number of carbonyl (C=O) groups excluding carboxylic acids is 1. The molecule has 7 nitrogen and oxygen atoms in total. The van der Waals surface area contributed by atoms with Crippen molar-refractivity contribution < 1.29 is 13.9 Å². The summed E-state index contributed by atoms with van der Waals surface area (Å²) in [5.74, 6) is 2.47. The Bertz CT molecular complexity index is 1130. The molecular weight excluding hydrogens is 424 g/mol. The molecular formula is C24H24N4O3S. The second kappa shape index (κ2) is 10.7. The second-order valence-electron chi connectivity index (χ2n) is 7.06. The van der Waals surface area contributed by atoms with Gasteiger partial charge in [0.2, 0.25) is 5.91 Å². The third-order valence-corrected chi connectivity index (χ3v) is 5.81. The molecule has 0 radical (unpaired) electrons. The van der Waals surface area contributed by atoms with E-state index in [1.165, 1.54) is 17.3 Å². The van der Waals surface area contributed by atoms with Crippen molar-refractivity contribution in [1.82, 2.24) is 20.1 Å². The van der Waals surface area contributed by atoms with Gasteiger partial charge in [-0.25, -0.2) is 0 Å². The molecule has 0 spiro atoms. The van der Waals surface area contributed by atoms with Crippen LogP contribution in [0, 0.1) is 0 Å². The van der Waals surface area contributed by atoms with Crippen LogP contribution in [0.2, 0.25) is 0 Å². The molecule has 2 aromatic carbocycles. The van der Waals surface area contributed by atoms with E-state index in [4.69, 9.17) is 9.15 Å². The third kappa shape index (κ3) is 5.59. The SMILES string of the molecule is COc1ccc(-n2c(CCc3ccccc3)nnc2SCC(=O)NCc2ccco2)cc1. The molecule has 0 fully saturated rings. The molecule has 0 aliphatic rings. The number of nitrogens with one attached hydrogen (secondary N) is 1. The maximum absolute atomic E-state index is 12.3. The van der Waals surface area contributed by atoms with E-state index in [-0.39, 0.29) is 11.7 Å². The lowest BCUT2D eigenvalue weighted by atomic mass is 10.1. The van der Waals surface area contributed by atoms with Gasteiger partial charge in [0.25, 0.3) is 0 Å². The number of carbonyl (C=O) groups is 1. The number of furan rings is 1. The van der Waals surface area contributed by atoms with E-state index in [0.717, 1.165) is 30.1 Å². The molecule has 0 aliphatic heterocycles. The van der Waals surface area contributed by atoms with E-state index in [1.54, 1.807) is 19.4 Å². The average Bonchev–Trinajstić information content (AvgIpc) is 3.51. The van der Waals surface area contributed by atoms with Gasteiger partial charge in [0.05, 0.1) is 25.7 Å². The summed E-state index contributed by atoms with van der Waals surface area (Å²) >= 11 is 1.36. The summed E-state index contributed by atoms with van der Waals surface area (Å²) in [7, 11) is 1.64. The van der Waals surface area contributed by atoms with E-state index in [9.17, 15) is 4.79 Å². The predicted octanol–water partition coefficient (Wildman–Crippen LogP) is 4.06. The van der Waals surface area contributed by atoms with Crippen LogP contribution in [0.5, 0.6) is 5.75 Å². The number of hydrogen-bond donors (Lipinski definition) is 1. The van der Waals surface area contributed by atoms with Gasteiger partial charge < -0.3 is 14.5 Å². The van der Waals surface area contributed by atoms with Crippen molar-refractivity contribution in [3.05, 3.63) is 90.1 Å². The fourth-order valence-corrected chi connectivity index (χ4v) is 4.03. The van der Waals surface area contributed by atoms with Crippen LogP contribution in [0.1, 0.15) is 17.1 Å². The molecule has 0 atom stereocenters. The molecule has 0 saturated carbocycles. The Balaban J connectivity index is 1.48. The highest BCUT2D eigenvalue weighted by Crippen LogP contribution is 2.24. The van der Waals surface area contributed by atoms with E-state index in [1.807, 2.05) is 53.1 Å². The maximum atomic E-state index is 12.3. The third-order valence-electron chi connectivity index (χ3n) is 4.88. The summed E-state index contributed by atoms with van der Waals surface area (Å²) < 4.78 is 12.5. The van der Waals surface area contributed by atoms with Gasteiger partial charge in [-0.2, -0.15) is 0 Å². The number of nitrogens with zero attached hydrogens (tertiary/aromatic N) is 3. The fourth-order valence-electron chi connectivity index (χ4n) is 3.23. The van der Waals surface area contributed by atoms with Crippen molar-refractivity contribution in [2.24, 2.45) is 0 Å². The van der Waals surface area contributed by atoms with Crippen LogP contribution < -0.4 is 10.1 Å². The quantitative estimate of drug-likeness (QED) is 0.369. The lowest BCUT2D eigenvalue weighted by Gasteiger charge is -2.11. The maximum Gasteiger partial charge on any atom is 0.230 e. The number of amides is 1. The number of aryl methyl sites for hydroxylation is 2. The minimum Gasteiger partial charge on any atom is -0.497 e. The van der Waals surface area contributed by atoms with Crippen molar-refractivity contribution in [2.45, 2.75) is 24.5 Å². The van der Waals surface area contributed by atoms with Gasteiger partial charge in [-0.3, -0.25) is 9.36 Å². The molecule has 0 unspecified atom stereocenters. The normalized spacial score (nSPS) is 10.8. The van der Waals surface area contributed by atoms with Crippen LogP contribution in [0.15, 0.2) is 82.6 Å². The first kappa shape index (κ1) is 21.7. The van der Waals surface area contributed by atoms with Crippen LogP contribution in [-0.2, 0) is 24.2 Å². The van der Waals surface area contributed by atoms with Gasteiger partial charge in [-0.05, 0) is 48.4 Å². The van der Waals surface area contributed by atoms with Crippen molar-refractivity contribution in [3.63, 3.8) is 0 Å². The molecule has 1 N–H and O–H groups in total. The number of benzene rings is 2. The summed E-state index contributed by atoms with van der Waals surface area (Å²) in [6.07, 6.45) is 3.17. The van der Waals surface area contributed by atoms with E-state index in [2.05, 4.69) is 27.6 Å². The van der Waals surface area contributed by atoms with Crippen molar-refractivity contribution in [1.29, 1.82) is 0 Å². The predicted molar refractivity (Wildman–Crippen MR) is 123 cm³/mol. The molecule has 0 aliphatic carbocycles. The largest absolute Gasteiger partial charge is 0.497 e. The Morgan fingerprint density at radius 3 is 2.56 bits per heavy atom. The van der Waals surface area contributed by atoms with E-state index >= 15 is 0 Å². The minimum atomic E-state index is -0.0958. The molecule has 2 aromatic heterocycles. The zero-order valence-electron chi connectivity index (χ0n) is 17.7. The summed E-state index contributed by atoms with van der Waals surface area (Å²) in [6.45, 7) is 0.361. The molecule has 164 valence electrons. The van der Waals surface area contributed by atoms with Gasteiger partial charge in [0.1, 0.15) is 17.3 Å². The molecule has 4 aromatic rings. The molecule has 4 rings (SSSR count). The zero-order chi connectivity index (χ0) is 22.2. The Hall–Kier alpha value is -3.52. The number of hydrogen-bond acceptors (Lipinski definition) is 6. The first-order valence-electron chi connectivity index (χ1n) is 10.3. The molecule has 32 heavy (non-hydrogen) atoms. The molecule has 1 amide bonds. The number of thioether (sulfide) groups is 1. The van der Waals surface area contributed by atoms with Gasteiger partial charge in [0.15, 0.2) is 5.16 Å². The van der Waals surface area contributed by atoms with E-state index in [0.29, 0.717) is 17.5 Å². The van der Waals surface area contributed by atoms with Crippen LogP contribution in [0.25, 0.3) is 5.69 Å². The Kier molecular flexibility index (Phi) is 7.24. The molecule has 0 bridgehead atoms. The van der Waals surface area contributed by atoms with Crippen LogP contribution >= 0.6 is 11.8 Å². The monoisotopic (exact) mass is 448 g/mol. The van der Waals surface area contributed by atoms with Crippen molar-refractivity contribution in [3.8, 4) is 11.4 Å². The number of methoxy groups -OCH3 is 1. The smallest absolute Gasteiger partial charge is 0.230 e. The molecule has 8 heteroatoms. The standard InChI is InChI=1S/C24H24N4O3S/c1-30-20-12-10-19(11-13-20)28-22(14-9-18-6-3-2-4-7-18)26-27-24(28)32-17-23(29)25-16-21-8-5-15-31-21/h2-8,10-13,15H,9,14,16-17H2,1H3,(H,25,29). The van der Waals surface area contributed by atoms with E-state index < -0.39 is 0 Å². The lowest BCUT2D eigenvalue weighted by Crippen LogP contribution is -2.24. The highest BCUT2D eigenvalue weighted by Gasteiger charge is 2.16. The number of rotatable bonds is 10. The van der Waals surface area contributed by atoms with Crippen molar-refractivity contribution >= 4 is 17.7 Å². The Morgan fingerprint density at radius 2 is 1.84 bits per heavy atom. The van der Waals surface area contributed by atoms with Crippen molar-refractivity contribution in [2.75, 3.05) is 12.9 Å².